The van der Waals surface area contributed by atoms with E-state index in [0.717, 1.165) is 5.56 Å². The molecule has 0 aromatic heterocycles. The third-order valence-electron chi connectivity index (χ3n) is 3.97. The maximum absolute atomic E-state index is 12.1. The fraction of sp³-hybridized carbons (Fsp3) is 0.222. The molecule has 2 aromatic rings. The Kier molecular flexibility index (Phi) is 4.22. The molecule has 0 aliphatic carbocycles. The van der Waals surface area contributed by atoms with Crippen LogP contribution in [0.4, 0.5) is 0 Å². The first-order chi connectivity index (χ1) is 12.7. The van der Waals surface area contributed by atoms with Gasteiger partial charge in [-0.3, -0.25) is 9.59 Å². The number of rotatable bonds is 5. The average molecular weight is 356 g/mol. The second kappa shape index (κ2) is 6.83. The maximum Gasteiger partial charge on any atom is 0.251 e. The molecule has 2 aliphatic rings. The second-order valence-electron chi connectivity index (χ2n) is 5.72. The third-order valence-corrected chi connectivity index (χ3v) is 3.97. The molecule has 0 radical (unpaired) electrons. The molecular formula is C18H16N2O6. The van der Waals surface area contributed by atoms with Gasteiger partial charge in [0.05, 0.1) is 6.54 Å². The van der Waals surface area contributed by atoms with Crippen molar-refractivity contribution in [3.8, 4) is 23.0 Å². The summed E-state index contributed by atoms with van der Waals surface area (Å²) in [5.41, 5.74) is 1.28. The Morgan fingerprint density at radius 2 is 1.46 bits per heavy atom. The monoisotopic (exact) mass is 356 g/mol. The number of ether oxygens (including phenoxy) is 4. The minimum Gasteiger partial charge on any atom is -0.454 e. The Morgan fingerprint density at radius 3 is 2.23 bits per heavy atom. The summed E-state index contributed by atoms with van der Waals surface area (Å²) in [6.07, 6.45) is 0. The van der Waals surface area contributed by atoms with E-state index in [2.05, 4.69) is 10.6 Å². The predicted molar refractivity (Wildman–Crippen MR) is 89.3 cm³/mol. The first kappa shape index (κ1) is 16.1. The van der Waals surface area contributed by atoms with E-state index in [-0.39, 0.29) is 31.9 Å². The van der Waals surface area contributed by atoms with Gasteiger partial charge in [-0.05, 0) is 35.9 Å². The van der Waals surface area contributed by atoms with Crippen LogP contribution in [0.1, 0.15) is 15.9 Å². The van der Waals surface area contributed by atoms with Crippen molar-refractivity contribution in [1.82, 2.24) is 10.6 Å². The summed E-state index contributed by atoms with van der Waals surface area (Å²) in [5.74, 6) is 1.81. The first-order valence-corrected chi connectivity index (χ1v) is 8.02. The highest BCUT2D eigenvalue weighted by Gasteiger charge is 2.17. The van der Waals surface area contributed by atoms with Crippen LogP contribution in [0.25, 0.3) is 0 Å². The summed E-state index contributed by atoms with van der Waals surface area (Å²) < 4.78 is 21.0. The summed E-state index contributed by atoms with van der Waals surface area (Å²) in [6.45, 7) is 0.549. The van der Waals surface area contributed by atoms with E-state index in [1.54, 1.807) is 24.3 Å². The molecule has 0 saturated carbocycles. The normalized spacial score (nSPS) is 13.4. The third kappa shape index (κ3) is 3.34. The average Bonchev–Trinajstić information content (AvgIpc) is 3.32. The number of benzene rings is 2. The SMILES string of the molecule is O=C(CNC(=O)c1ccc2c(c1)OCO2)NCc1ccc2c(c1)OCO2. The van der Waals surface area contributed by atoms with Crippen LogP contribution in [0.15, 0.2) is 36.4 Å². The van der Waals surface area contributed by atoms with Crippen molar-refractivity contribution < 1.29 is 28.5 Å². The van der Waals surface area contributed by atoms with Gasteiger partial charge in [-0.2, -0.15) is 0 Å². The molecule has 2 aliphatic heterocycles. The minimum atomic E-state index is -0.360. The van der Waals surface area contributed by atoms with Crippen molar-refractivity contribution in [2.45, 2.75) is 6.54 Å². The molecular weight excluding hydrogens is 340 g/mol. The minimum absolute atomic E-state index is 0.127. The molecule has 0 saturated heterocycles. The smallest absolute Gasteiger partial charge is 0.251 e. The summed E-state index contributed by atoms with van der Waals surface area (Å²) in [4.78, 5) is 24.1. The number of hydrogen-bond acceptors (Lipinski definition) is 6. The Bertz CT molecular complexity index is 867. The lowest BCUT2D eigenvalue weighted by Gasteiger charge is -2.08. The number of carbonyl (C=O) groups is 2. The van der Waals surface area contributed by atoms with Crippen molar-refractivity contribution in [3.05, 3.63) is 47.5 Å². The van der Waals surface area contributed by atoms with Crippen LogP contribution in [-0.4, -0.2) is 31.9 Å². The second-order valence-corrected chi connectivity index (χ2v) is 5.72. The Balaban J connectivity index is 1.26. The molecule has 8 heteroatoms. The van der Waals surface area contributed by atoms with Gasteiger partial charge in [0.1, 0.15) is 0 Å². The summed E-state index contributed by atoms with van der Waals surface area (Å²) in [5, 5.41) is 5.32. The molecule has 0 fully saturated rings. The number of carbonyl (C=O) groups excluding carboxylic acids is 2. The largest absolute Gasteiger partial charge is 0.454 e. The van der Waals surface area contributed by atoms with Crippen LogP contribution in [0, 0.1) is 0 Å². The topological polar surface area (TPSA) is 95.1 Å². The van der Waals surface area contributed by atoms with Crippen molar-refractivity contribution in [1.29, 1.82) is 0 Å². The van der Waals surface area contributed by atoms with Gasteiger partial charge in [-0.15, -0.1) is 0 Å². The number of nitrogens with one attached hydrogen (secondary N) is 2. The lowest BCUT2D eigenvalue weighted by molar-refractivity contribution is -0.120. The van der Waals surface area contributed by atoms with Gasteiger partial charge in [-0.25, -0.2) is 0 Å². The van der Waals surface area contributed by atoms with Crippen LogP contribution in [0.5, 0.6) is 23.0 Å². The zero-order chi connectivity index (χ0) is 17.9. The molecule has 134 valence electrons. The highest BCUT2D eigenvalue weighted by atomic mass is 16.7. The molecule has 0 unspecified atom stereocenters. The molecule has 0 spiro atoms. The van der Waals surface area contributed by atoms with E-state index in [1.807, 2.05) is 12.1 Å². The van der Waals surface area contributed by atoms with E-state index in [4.69, 9.17) is 18.9 Å². The highest BCUT2D eigenvalue weighted by Crippen LogP contribution is 2.33. The van der Waals surface area contributed by atoms with Gasteiger partial charge in [0.2, 0.25) is 19.5 Å². The van der Waals surface area contributed by atoms with Gasteiger partial charge in [-0.1, -0.05) is 6.07 Å². The summed E-state index contributed by atoms with van der Waals surface area (Å²) in [6, 6.07) is 10.3. The van der Waals surface area contributed by atoms with Gasteiger partial charge in [0, 0.05) is 12.1 Å². The fourth-order valence-electron chi connectivity index (χ4n) is 2.61. The molecule has 2 heterocycles. The van der Waals surface area contributed by atoms with E-state index in [0.29, 0.717) is 35.1 Å². The molecule has 2 amide bonds. The van der Waals surface area contributed by atoms with Crippen molar-refractivity contribution in [2.24, 2.45) is 0 Å². The van der Waals surface area contributed by atoms with E-state index >= 15 is 0 Å². The van der Waals surface area contributed by atoms with Crippen LogP contribution >= 0.6 is 0 Å². The lowest BCUT2D eigenvalue weighted by atomic mass is 10.2. The van der Waals surface area contributed by atoms with E-state index < -0.39 is 0 Å². The van der Waals surface area contributed by atoms with Gasteiger partial charge in [0.15, 0.2) is 23.0 Å². The lowest BCUT2D eigenvalue weighted by Crippen LogP contribution is -2.36. The summed E-state index contributed by atoms with van der Waals surface area (Å²) in [7, 11) is 0. The van der Waals surface area contributed by atoms with Gasteiger partial charge >= 0.3 is 0 Å². The summed E-state index contributed by atoms with van der Waals surface area (Å²) >= 11 is 0. The van der Waals surface area contributed by atoms with Crippen LogP contribution < -0.4 is 29.6 Å². The van der Waals surface area contributed by atoms with E-state index in [9.17, 15) is 9.59 Å². The quantitative estimate of drug-likeness (QED) is 0.836. The van der Waals surface area contributed by atoms with E-state index in [1.165, 1.54) is 0 Å². The Hall–Kier alpha value is -3.42. The zero-order valence-electron chi connectivity index (χ0n) is 13.7. The Morgan fingerprint density at radius 1 is 0.808 bits per heavy atom. The van der Waals surface area contributed by atoms with Crippen molar-refractivity contribution in [3.63, 3.8) is 0 Å². The first-order valence-electron chi connectivity index (χ1n) is 8.02. The van der Waals surface area contributed by atoms with Crippen molar-refractivity contribution >= 4 is 11.8 Å². The molecule has 0 bridgehead atoms. The molecule has 2 aromatic carbocycles. The van der Waals surface area contributed by atoms with Crippen LogP contribution in [0.3, 0.4) is 0 Å². The predicted octanol–water partition coefficient (Wildman–Crippen LogP) is 1.19. The van der Waals surface area contributed by atoms with Crippen LogP contribution in [0.2, 0.25) is 0 Å². The Labute approximate surface area is 149 Å². The van der Waals surface area contributed by atoms with Crippen LogP contribution in [-0.2, 0) is 11.3 Å². The highest BCUT2D eigenvalue weighted by molar-refractivity contribution is 5.97. The molecule has 0 atom stereocenters. The van der Waals surface area contributed by atoms with Crippen molar-refractivity contribution in [2.75, 3.05) is 20.1 Å². The molecule has 8 nitrogen and oxygen atoms in total. The molecule has 4 rings (SSSR count). The molecule has 2 N–H and O–H groups in total. The molecule has 26 heavy (non-hydrogen) atoms. The number of hydrogen-bond donors (Lipinski definition) is 2. The fourth-order valence-corrected chi connectivity index (χ4v) is 2.61. The number of amides is 2. The number of fused-ring (bicyclic) bond motifs is 2. The van der Waals surface area contributed by atoms with Gasteiger partial charge in [0.25, 0.3) is 5.91 Å². The standard InChI is InChI=1S/C18H16N2O6/c21-17(19-7-11-1-3-13-15(5-11)25-9-23-13)8-20-18(22)12-2-4-14-16(6-12)26-10-24-14/h1-6H,7-10H2,(H,19,21)(H,20,22). The maximum atomic E-state index is 12.1. The zero-order valence-corrected chi connectivity index (χ0v) is 13.7. The van der Waals surface area contributed by atoms with Gasteiger partial charge < -0.3 is 29.6 Å².